The molecule has 1 aliphatic heterocycles. The minimum atomic E-state index is -1.66. The number of aliphatic hydroxyl groups excluding tert-OH is 1. The third-order valence-electron chi connectivity index (χ3n) is 7.16. The van der Waals surface area contributed by atoms with E-state index in [-0.39, 0.29) is 31.9 Å². The Hall–Kier alpha value is -4.50. The van der Waals surface area contributed by atoms with Crippen LogP contribution in [0.5, 0.6) is 0 Å². The Morgan fingerprint density at radius 2 is 1.67 bits per heavy atom. The molecule has 1 aromatic heterocycles. The molecule has 0 aliphatic carbocycles. The highest BCUT2D eigenvalue weighted by molar-refractivity contribution is 6.08. The molecule has 1 fully saturated rings. The molecule has 228 valence electrons. The van der Waals surface area contributed by atoms with E-state index in [2.05, 4.69) is 15.6 Å². The third-order valence-corrected chi connectivity index (χ3v) is 7.16. The van der Waals surface area contributed by atoms with E-state index in [4.69, 9.17) is 9.84 Å². The summed E-state index contributed by atoms with van der Waals surface area (Å²) in [6.07, 6.45) is -0.863. The average Bonchev–Trinajstić information content (AvgIpc) is 3.42. The van der Waals surface area contributed by atoms with Crippen LogP contribution in [0, 0.1) is 0 Å². The normalized spacial score (nSPS) is 17.0. The molecular formula is C29H33N5O9. The van der Waals surface area contributed by atoms with E-state index in [0.29, 0.717) is 36.3 Å². The van der Waals surface area contributed by atoms with E-state index in [9.17, 15) is 34.5 Å². The Labute approximate surface area is 246 Å². The molecular weight excluding hydrogens is 562 g/mol. The van der Waals surface area contributed by atoms with Crippen molar-refractivity contribution in [2.75, 3.05) is 19.6 Å². The number of benzene rings is 2. The highest BCUT2D eigenvalue weighted by atomic mass is 16.5. The lowest BCUT2D eigenvalue weighted by Gasteiger charge is -2.41. The van der Waals surface area contributed by atoms with Crippen molar-refractivity contribution in [1.29, 1.82) is 0 Å². The van der Waals surface area contributed by atoms with E-state index >= 15 is 0 Å². The van der Waals surface area contributed by atoms with Gasteiger partial charge in [0.05, 0.1) is 25.5 Å². The molecule has 4 rings (SSSR count). The summed E-state index contributed by atoms with van der Waals surface area (Å²) in [7, 11) is 0. The lowest BCUT2D eigenvalue weighted by atomic mass is 10.0. The van der Waals surface area contributed by atoms with Gasteiger partial charge in [0.1, 0.15) is 17.8 Å². The lowest BCUT2D eigenvalue weighted by molar-refractivity contribution is -0.152. The van der Waals surface area contributed by atoms with Crippen LogP contribution in [-0.4, -0.2) is 108 Å². The Kier molecular flexibility index (Phi) is 10.7. The maximum absolute atomic E-state index is 12.6. The van der Waals surface area contributed by atoms with Gasteiger partial charge in [-0.25, -0.2) is 9.48 Å². The van der Waals surface area contributed by atoms with Gasteiger partial charge in [-0.1, -0.05) is 59.8 Å². The molecule has 2 aromatic carbocycles. The Bertz CT molecular complexity index is 1410. The zero-order valence-electron chi connectivity index (χ0n) is 23.2. The molecule has 14 nitrogen and oxygen atoms in total. The first-order chi connectivity index (χ1) is 20.6. The van der Waals surface area contributed by atoms with E-state index in [1.165, 1.54) is 0 Å². The van der Waals surface area contributed by atoms with Crippen LogP contribution in [0.15, 0.2) is 60.8 Å². The van der Waals surface area contributed by atoms with E-state index in [1.54, 1.807) is 52.2 Å². The number of aliphatic carboxylic acids is 3. The van der Waals surface area contributed by atoms with Gasteiger partial charge in [0, 0.05) is 24.2 Å². The van der Waals surface area contributed by atoms with Gasteiger partial charge in [-0.3, -0.25) is 19.3 Å². The van der Waals surface area contributed by atoms with E-state index < -0.39 is 42.2 Å². The summed E-state index contributed by atoms with van der Waals surface area (Å²) in [5, 5.41) is 48.6. The van der Waals surface area contributed by atoms with Gasteiger partial charge in [0.15, 0.2) is 11.9 Å². The standard InChI is InChI=1S/C29H33N5O9/c35-23(28(39)40)10-12-30-25(29(41)42)24(16-33-13-11-22(33)27(37)38)43-17-21-15-34(32-31-21)14-18-6-8-20(9-7-18)26(36)19-4-2-1-3-5-19/h1-9,15,22-25,30,35H,10-14,16-17H2,(H,37,38)(H,39,40)(H,41,42)/t22-,23-,24?,25-/m0/s1. The predicted octanol–water partition coefficient (Wildman–Crippen LogP) is 0.480. The lowest BCUT2D eigenvalue weighted by Crippen LogP contribution is -2.59. The molecule has 2 heterocycles. The maximum atomic E-state index is 12.6. The Morgan fingerprint density at radius 1 is 0.977 bits per heavy atom. The average molecular weight is 596 g/mol. The fraction of sp³-hybridized carbons (Fsp3) is 0.379. The van der Waals surface area contributed by atoms with Crippen molar-refractivity contribution in [2.24, 2.45) is 0 Å². The van der Waals surface area contributed by atoms with Crippen LogP contribution in [0.2, 0.25) is 0 Å². The van der Waals surface area contributed by atoms with Crippen molar-refractivity contribution < 1.29 is 44.3 Å². The van der Waals surface area contributed by atoms with Crippen LogP contribution in [-0.2, 0) is 32.3 Å². The number of likely N-dealkylation sites (tertiary alicyclic amines) is 1. The molecule has 1 saturated heterocycles. The number of carbonyl (C=O) groups excluding carboxylic acids is 1. The quantitative estimate of drug-likeness (QED) is 0.135. The number of hydrogen-bond acceptors (Lipinski definition) is 10. The van der Waals surface area contributed by atoms with Gasteiger partial charge in [0.2, 0.25) is 0 Å². The number of ketones is 1. The molecule has 1 aliphatic rings. The van der Waals surface area contributed by atoms with Gasteiger partial charge in [-0.05, 0) is 24.9 Å². The molecule has 43 heavy (non-hydrogen) atoms. The molecule has 1 unspecified atom stereocenters. The van der Waals surface area contributed by atoms with Gasteiger partial charge in [-0.2, -0.15) is 0 Å². The second-order valence-corrected chi connectivity index (χ2v) is 10.2. The molecule has 0 amide bonds. The summed E-state index contributed by atoms with van der Waals surface area (Å²) in [5.41, 5.74) is 2.43. The minimum Gasteiger partial charge on any atom is -0.480 e. The summed E-state index contributed by atoms with van der Waals surface area (Å²) >= 11 is 0. The number of carboxylic acids is 3. The SMILES string of the molecule is O=C(c1ccccc1)c1ccc(Cn2cc(COC(CN3CC[C@H]3C(=O)O)[C@H](NCC[C@H](O)C(=O)O)C(=O)O)nn2)cc1. The topological polar surface area (TPSA) is 204 Å². The number of nitrogens with one attached hydrogen (secondary N) is 1. The summed E-state index contributed by atoms with van der Waals surface area (Å²) in [5.74, 6) is -3.80. The van der Waals surface area contributed by atoms with Crippen molar-refractivity contribution >= 4 is 23.7 Å². The van der Waals surface area contributed by atoms with Crippen LogP contribution in [0.3, 0.4) is 0 Å². The summed E-state index contributed by atoms with van der Waals surface area (Å²) in [6, 6.07) is 14.0. The third kappa shape index (κ3) is 8.51. The number of hydrogen-bond donors (Lipinski definition) is 5. The van der Waals surface area contributed by atoms with E-state index in [0.717, 1.165) is 5.56 Å². The van der Waals surface area contributed by atoms with Gasteiger partial charge in [0.25, 0.3) is 0 Å². The zero-order valence-corrected chi connectivity index (χ0v) is 23.2. The second kappa shape index (κ2) is 14.6. The molecule has 3 aromatic rings. The molecule has 0 spiro atoms. The fourth-order valence-electron chi connectivity index (χ4n) is 4.68. The van der Waals surface area contributed by atoms with Crippen molar-refractivity contribution in [1.82, 2.24) is 25.2 Å². The van der Waals surface area contributed by atoms with Crippen molar-refractivity contribution in [3.05, 3.63) is 83.2 Å². The number of nitrogens with zero attached hydrogens (tertiary/aromatic N) is 4. The van der Waals surface area contributed by atoms with Crippen LogP contribution in [0.1, 0.15) is 40.0 Å². The molecule has 14 heteroatoms. The van der Waals surface area contributed by atoms with Gasteiger partial charge >= 0.3 is 17.9 Å². The first kappa shape index (κ1) is 31.4. The summed E-state index contributed by atoms with van der Waals surface area (Å²) in [6.45, 7) is 0.551. The largest absolute Gasteiger partial charge is 0.480 e. The first-order valence-electron chi connectivity index (χ1n) is 13.7. The molecule has 0 radical (unpaired) electrons. The highest BCUT2D eigenvalue weighted by Gasteiger charge is 2.39. The van der Waals surface area contributed by atoms with Crippen LogP contribution >= 0.6 is 0 Å². The number of carbonyl (C=O) groups is 4. The van der Waals surface area contributed by atoms with Gasteiger partial charge < -0.3 is 30.5 Å². The highest BCUT2D eigenvalue weighted by Crippen LogP contribution is 2.20. The fourth-order valence-corrected chi connectivity index (χ4v) is 4.68. The molecule has 0 bridgehead atoms. The summed E-state index contributed by atoms with van der Waals surface area (Å²) < 4.78 is 7.50. The van der Waals surface area contributed by atoms with Crippen molar-refractivity contribution in [3.63, 3.8) is 0 Å². The smallest absolute Gasteiger partial charge is 0.332 e. The number of aliphatic hydroxyl groups is 1. The number of aromatic nitrogens is 3. The number of rotatable bonds is 17. The predicted molar refractivity (Wildman–Crippen MR) is 149 cm³/mol. The number of carboxylic acid groups (broad SMARTS) is 3. The Morgan fingerprint density at radius 3 is 2.28 bits per heavy atom. The van der Waals surface area contributed by atoms with Crippen LogP contribution in [0.4, 0.5) is 0 Å². The molecule has 0 saturated carbocycles. The van der Waals surface area contributed by atoms with Crippen molar-refractivity contribution in [2.45, 2.75) is 50.3 Å². The Balaban J connectivity index is 1.38. The van der Waals surface area contributed by atoms with E-state index in [1.807, 2.05) is 18.2 Å². The van der Waals surface area contributed by atoms with Gasteiger partial charge in [-0.15, -0.1) is 5.10 Å². The molecule has 5 N–H and O–H groups in total. The number of ether oxygens (including phenoxy) is 1. The summed E-state index contributed by atoms with van der Waals surface area (Å²) in [4.78, 5) is 48.7. The van der Waals surface area contributed by atoms with Crippen LogP contribution in [0.25, 0.3) is 0 Å². The zero-order chi connectivity index (χ0) is 30.9. The minimum absolute atomic E-state index is 0.00932. The monoisotopic (exact) mass is 595 g/mol. The van der Waals surface area contributed by atoms with Crippen molar-refractivity contribution in [3.8, 4) is 0 Å². The first-order valence-corrected chi connectivity index (χ1v) is 13.7. The molecule has 4 atom stereocenters. The van der Waals surface area contributed by atoms with Crippen LogP contribution < -0.4 is 5.32 Å². The maximum Gasteiger partial charge on any atom is 0.332 e. The second-order valence-electron chi connectivity index (χ2n) is 10.2.